The molecular weight excluding hydrogens is 224 g/mol. The molecular formula is C15H28N2O. The quantitative estimate of drug-likeness (QED) is 0.757. The first-order valence-electron chi connectivity index (χ1n) is 7.74. The Morgan fingerprint density at radius 3 is 2.72 bits per heavy atom. The number of hydrogen-bond donors (Lipinski definition) is 1. The zero-order chi connectivity index (χ0) is 13.0. The Hall–Kier alpha value is -0.570. The lowest BCUT2D eigenvalue weighted by atomic mass is 9.94. The summed E-state index contributed by atoms with van der Waals surface area (Å²) in [5, 5.41) is 0. The van der Waals surface area contributed by atoms with Gasteiger partial charge in [0.25, 0.3) is 0 Å². The fourth-order valence-corrected chi connectivity index (χ4v) is 3.78. The zero-order valence-electron chi connectivity index (χ0n) is 11.7. The second-order valence-electron chi connectivity index (χ2n) is 6.15. The zero-order valence-corrected chi connectivity index (χ0v) is 11.7. The minimum atomic E-state index is 0.403. The van der Waals surface area contributed by atoms with Crippen LogP contribution in [0.3, 0.4) is 0 Å². The molecule has 1 amide bonds. The van der Waals surface area contributed by atoms with Crippen LogP contribution in [0.2, 0.25) is 0 Å². The van der Waals surface area contributed by atoms with Gasteiger partial charge >= 0.3 is 0 Å². The molecule has 1 saturated heterocycles. The van der Waals surface area contributed by atoms with Gasteiger partial charge < -0.3 is 10.6 Å². The molecule has 3 nitrogen and oxygen atoms in total. The molecule has 0 aromatic heterocycles. The molecule has 2 N–H and O–H groups in total. The molecule has 2 aliphatic rings. The lowest BCUT2D eigenvalue weighted by Gasteiger charge is -2.27. The number of carbonyl (C=O) groups excluding carboxylic acids is 1. The van der Waals surface area contributed by atoms with E-state index >= 15 is 0 Å². The van der Waals surface area contributed by atoms with E-state index in [0.29, 0.717) is 17.9 Å². The second-order valence-corrected chi connectivity index (χ2v) is 6.15. The van der Waals surface area contributed by atoms with Gasteiger partial charge in [0.15, 0.2) is 0 Å². The van der Waals surface area contributed by atoms with Crippen LogP contribution in [0.4, 0.5) is 0 Å². The van der Waals surface area contributed by atoms with Gasteiger partial charge in [-0.25, -0.2) is 0 Å². The topological polar surface area (TPSA) is 46.3 Å². The van der Waals surface area contributed by atoms with Gasteiger partial charge in [-0.15, -0.1) is 0 Å². The van der Waals surface area contributed by atoms with E-state index < -0.39 is 0 Å². The SMILES string of the molecule is CCCC(CCN)CCC(=O)N1CC2CCC1C2. The first kappa shape index (κ1) is 13.9. The number of hydrogen-bond acceptors (Lipinski definition) is 2. The number of nitrogens with two attached hydrogens (primary N) is 1. The van der Waals surface area contributed by atoms with Crippen molar-refractivity contribution in [3.63, 3.8) is 0 Å². The largest absolute Gasteiger partial charge is 0.339 e. The second kappa shape index (κ2) is 6.55. The van der Waals surface area contributed by atoms with Crippen molar-refractivity contribution >= 4 is 5.91 Å². The lowest BCUT2D eigenvalue weighted by molar-refractivity contribution is -0.133. The lowest BCUT2D eigenvalue weighted by Crippen LogP contribution is -2.37. The van der Waals surface area contributed by atoms with Crippen LogP contribution in [0, 0.1) is 11.8 Å². The number of carbonyl (C=O) groups is 1. The van der Waals surface area contributed by atoms with Crippen molar-refractivity contribution in [2.75, 3.05) is 13.1 Å². The van der Waals surface area contributed by atoms with Crippen LogP contribution in [0.1, 0.15) is 58.3 Å². The minimum Gasteiger partial charge on any atom is -0.339 e. The number of fused-ring (bicyclic) bond motifs is 2. The van der Waals surface area contributed by atoms with Gasteiger partial charge in [-0.05, 0) is 50.5 Å². The van der Waals surface area contributed by atoms with Crippen molar-refractivity contribution in [1.29, 1.82) is 0 Å². The molecule has 3 atom stereocenters. The highest BCUT2D eigenvalue weighted by Crippen LogP contribution is 2.37. The number of amides is 1. The van der Waals surface area contributed by atoms with E-state index in [9.17, 15) is 4.79 Å². The fraction of sp³-hybridized carbons (Fsp3) is 0.933. The highest BCUT2D eigenvalue weighted by molar-refractivity contribution is 5.77. The van der Waals surface area contributed by atoms with Crippen LogP contribution >= 0.6 is 0 Å². The molecule has 2 rings (SSSR count). The molecule has 1 heterocycles. The van der Waals surface area contributed by atoms with Gasteiger partial charge in [-0.1, -0.05) is 19.8 Å². The average molecular weight is 252 g/mol. The first-order chi connectivity index (χ1) is 8.74. The molecule has 0 spiro atoms. The molecule has 0 radical (unpaired) electrons. The Labute approximate surface area is 111 Å². The monoisotopic (exact) mass is 252 g/mol. The van der Waals surface area contributed by atoms with Crippen LogP contribution in [0.15, 0.2) is 0 Å². The third-order valence-corrected chi connectivity index (χ3v) is 4.77. The fourth-order valence-electron chi connectivity index (χ4n) is 3.78. The van der Waals surface area contributed by atoms with Crippen LogP contribution in [0.25, 0.3) is 0 Å². The van der Waals surface area contributed by atoms with E-state index in [1.165, 1.54) is 32.1 Å². The number of nitrogens with zero attached hydrogens (tertiary/aromatic N) is 1. The molecule has 1 saturated carbocycles. The Balaban J connectivity index is 1.73. The molecule has 1 aliphatic carbocycles. The van der Waals surface area contributed by atoms with Crippen molar-refractivity contribution in [3.05, 3.63) is 0 Å². The normalized spacial score (nSPS) is 27.8. The van der Waals surface area contributed by atoms with Gasteiger partial charge in [0, 0.05) is 19.0 Å². The summed E-state index contributed by atoms with van der Waals surface area (Å²) in [5.74, 6) is 1.87. The Bertz CT molecular complexity index is 274. The number of rotatable bonds is 7. The highest BCUT2D eigenvalue weighted by atomic mass is 16.2. The molecule has 1 aliphatic heterocycles. The number of likely N-dealkylation sites (tertiary alicyclic amines) is 1. The summed E-state index contributed by atoms with van der Waals surface area (Å²) in [6, 6.07) is 0.585. The summed E-state index contributed by atoms with van der Waals surface area (Å²) < 4.78 is 0. The summed E-state index contributed by atoms with van der Waals surface area (Å²) in [6.45, 7) is 4.01. The van der Waals surface area contributed by atoms with E-state index in [2.05, 4.69) is 11.8 Å². The Morgan fingerprint density at radius 1 is 1.33 bits per heavy atom. The molecule has 3 heteroatoms. The first-order valence-corrected chi connectivity index (χ1v) is 7.74. The maximum Gasteiger partial charge on any atom is 0.222 e. The smallest absolute Gasteiger partial charge is 0.222 e. The maximum atomic E-state index is 12.2. The predicted octanol–water partition coefficient (Wildman–Crippen LogP) is 2.54. The average Bonchev–Trinajstić information content (AvgIpc) is 2.98. The van der Waals surface area contributed by atoms with Crippen LogP contribution in [-0.2, 0) is 4.79 Å². The van der Waals surface area contributed by atoms with E-state index in [1.54, 1.807) is 0 Å². The predicted molar refractivity (Wildman–Crippen MR) is 74.1 cm³/mol. The van der Waals surface area contributed by atoms with Crippen LogP contribution in [0.5, 0.6) is 0 Å². The molecule has 0 aromatic rings. The summed E-state index contributed by atoms with van der Waals surface area (Å²) in [4.78, 5) is 14.4. The van der Waals surface area contributed by atoms with Crippen molar-refractivity contribution < 1.29 is 4.79 Å². The van der Waals surface area contributed by atoms with Crippen molar-refractivity contribution in [1.82, 2.24) is 4.90 Å². The third-order valence-electron chi connectivity index (χ3n) is 4.77. The van der Waals surface area contributed by atoms with Crippen LogP contribution in [-0.4, -0.2) is 29.9 Å². The molecule has 104 valence electrons. The van der Waals surface area contributed by atoms with Gasteiger partial charge in [0.2, 0.25) is 5.91 Å². The standard InChI is InChI=1S/C15H28N2O/c1-2-3-12(8-9-16)5-7-15(18)17-11-13-4-6-14(17)10-13/h12-14H,2-11,16H2,1H3. The van der Waals surface area contributed by atoms with Gasteiger partial charge in [0.1, 0.15) is 0 Å². The summed E-state index contributed by atoms with van der Waals surface area (Å²) in [5.41, 5.74) is 5.64. The third kappa shape index (κ3) is 3.25. The number of piperidine rings is 1. The van der Waals surface area contributed by atoms with E-state index in [1.807, 2.05) is 0 Å². The Kier molecular flexibility index (Phi) is 5.04. The van der Waals surface area contributed by atoms with Crippen LogP contribution < -0.4 is 5.73 Å². The van der Waals surface area contributed by atoms with Gasteiger partial charge in [-0.2, -0.15) is 0 Å². The van der Waals surface area contributed by atoms with Crippen molar-refractivity contribution in [2.45, 2.75) is 64.3 Å². The summed E-state index contributed by atoms with van der Waals surface area (Å²) >= 11 is 0. The molecule has 2 fully saturated rings. The Morgan fingerprint density at radius 2 is 2.17 bits per heavy atom. The van der Waals surface area contributed by atoms with Gasteiger partial charge in [0.05, 0.1) is 0 Å². The summed E-state index contributed by atoms with van der Waals surface area (Å²) in [7, 11) is 0. The van der Waals surface area contributed by atoms with E-state index in [4.69, 9.17) is 5.73 Å². The van der Waals surface area contributed by atoms with Crippen molar-refractivity contribution in [3.8, 4) is 0 Å². The molecule has 18 heavy (non-hydrogen) atoms. The maximum absolute atomic E-state index is 12.2. The van der Waals surface area contributed by atoms with Gasteiger partial charge in [-0.3, -0.25) is 4.79 Å². The minimum absolute atomic E-state index is 0.403. The molecule has 3 unspecified atom stereocenters. The molecule has 2 bridgehead atoms. The van der Waals surface area contributed by atoms with Crippen molar-refractivity contribution in [2.24, 2.45) is 17.6 Å². The van der Waals surface area contributed by atoms with E-state index in [-0.39, 0.29) is 0 Å². The highest BCUT2D eigenvalue weighted by Gasteiger charge is 2.39. The summed E-state index contributed by atoms with van der Waals surface area (Å²) in [6.07, 6.45) is 9.15. The molecule has 0 aromatic carbocycles. The van der Waals surface area contributed by atoms with E-state index in [0.717, 1.165) is 38.3 Å².